The number of nitrogens with one attached hydrogen (secondary N) is 1. The third kappa shape index (κ3) is 5.94. The zero-order chi connectivity index (χ0) is 11.0. The van der Waals surface area contributed by atoms with E-state index in [2.05, 4.69) is 24.1 Å². The molecule has 0 saturated heterocycles. The van der Waals surface area contributed by atoms with E-state index in [0.717, 1.165) is 19.5 Å². The van der Waals surface area contributed by atoms with Crippen LogP contribution in [0.15, 0.2) is 0 Å². The Labute approximate surface area is 86.8 Å². The minimum Gasteiger partial charge on any atom is -0.355 e. The molecule has 0 aliphatic heterocycles. The molecule has 0 atom stereocenters. The number of rotatable bonds is 7. The van der Waals surface area contributed by atoms with Crippen molar-refractivity contribution in [3.05, 3.63) is 0 Å². The average molecular weight is 201 g/mol. The van der Waals surface area contributed by atoms with Crippen LogP contribution in [0.3, 0.4) is 0 Å². The van der Waals surface area contributed by atoms with E-state index in [4.69, 9.17) is 5.73 Å². The minimum absolute atomic E-state index is 0.0917. The van der Waals surface area contributed by atoms with Gasteiger partial charge < -0.3 is 11.1 Å². The summed E-state index contributed by atoms with van der Waals surface area (Å²) in [7, 11) is 0. The van der Waals surface area contributed by atoms with E-state index in [1.165, 1.54) is 0 Å². The first-order valence-electron chi connectivity index (χ1n) is 5.32. The lowest BCUT2D eigenvalue weighted by Gasteiger charge is -2.24. The molecule has 0 unspecified atom stereocenters. The summed E-state index contributed by atoms with van der Waals surface area (Å²) in [6.45, 7) is 8.77. The summed E-state index contributed by atoms with van der Waals surface area (Å²) in [5.74, 6) is 0.0917. The number of hydrogen-bond donors (Lipinski definition) is 2. The van der Waals surface area contributed by atoms with Crippen LogP contribution in [0.4, 0.5) is 0 Å². The lowest BCUT2D eigenvalue weighted by atomic mass is 10.3. The predicted octanol–water partition coefficient (Wildman–Crippen LogP) is 0.182. The molecule has 0 aromatic rings. The van der Waals surface area contributed by atoms with Crippen LogP contribution < -0.4 is 11.1 Å². The van der Waals surface area contributed by atoms with Gasteiger partial charge in [0.15, 0.2) is 0 Å². The van der Waals surface area contributed by atoms with Gasteiger partial charge in [0.2, 0.25) is 5.91 Å². The van der Waals surface area contributed by atoms with Crippen molar-refractivity contribution >= 4 is 5.91 Å². The number of carbonyl (C=O) groups excluding carboxylic acids is 1. The van der Waals surface area contributed by atoms with E-state index < -0.39 is 0 Å². The lowest BCUT2D eigenvalue weighted by molar-refractivity contribution is -0.122. The average Bonchev–Trinajstić information content (AvgIpc) is 2.14. The zero-order valence-electron chi connectivity index (χ0n) is 9.55. The van der Waals surface area contributed by atoms with Crippen molar-refractivity contribution < 1.29 is 4.79 Å². The Morgan fingerprint density at radius 3 is 2.57 bits per heavy atom. The number of amides is 1. The Hall–Kier alpha value is -0.610. The highest BCUT2D eigenvalue weighted by molar-refractivity contribution is 5.77. The molecule has 0 rings (SSSR count). The topological polar surface area (TPSA) is 58.4 Å². The van der Waals surface area contributed by atoms with Gasteiger partial charge in [-0.05, 0) is 20.3 Å². The molecule has 0 radical (unpaired) electrons. The molecule has 3 N–H and O–H groups in total. The van der Waals surface area contributed by atoms with Gasteiger partial charge in [-0.3, -0.25) is 9.69 Å². The van der Waals surface area contributed by atoms with Crippen molar-refractivity contribution in [2.24, 2.45) is 5.73 Å². The summed E-state index contributed by atoms with van der Waals surface area (Å²) in [5, 5.41) is 2.85. The van der Waals surface area contributed by atoms with Crippen LogP contribution in [0.5, 0.6) is 0 Å². The van der Waals surface area contributed by atoms with Gasteiger partial charge in [0, 0.05) is 25.7 Å². The Bertz CT molecular complexity index is 159. The number of hydrogen-bond acceptors (Lipinski definition) is 3. The Morgan fingerprint density at radius 2 is 2.14 bits per heavy atom. The van der Waals surface area contributed by atoms with Crippen LogP contribution >= 0.6 is 0 Å². The Kier molecular flexibility index (Phi) is 7.42. The van der Waals surface area contributed by atoms with Crippen LogP contribution in [0.2, 0.25) is 0 Å². The third-order valence-corrected chi connectivity index (χ3v) is 2.07. The van der Waals surface area contributed by atoms with E-state index in [0.29, 0.717) is 19.1 Å². The van der Waals surface area contributed by atoms with Crippen molar-refractivity contribution in [2.75, 3.05) is 26.2 Å². The Morgan fingerprint density at radius 1 is 1.50 bits per heavy atom. The van der Waals surface area contributed by atoms with Crippen molar-refractivity contribution in [1.82, 2.24) is 10.2 Å². The predicted molar refractivity (Wildman–Crippen MR) is 59.1 cm³/mol. The summed E-state index contributed by atoms with van der Waals surface area (Å²) in [6.07, 6.45) is 0.976. The molecule has 4 heteroatoms. The molecule has 0 aliphatic rings. The maximum atomic E-state index is 11.4. The molecule has 0 aliphatic carbocycles. The summed E-state index contributed by atoms with van der Waals surface area (Å²) < 4.78 is 0. The van der Waals surface area contributed by atoms with Gasteiger partial charge in [-0.15, -0.1) is 0 Å². The van der Waals surface area contributed by atoms with E-state index in [1.54, 1.807) is 0 Å². The van der Waals surface area contributed by atoms with Crippen LogP contribution in [-0.2, 0) is 4.79 Å². The smallest absolute Gasteiger partial charge is 0.234 e. The second-order valence-corrected chi connectivity index (χ2v) is 3.70. The first-order chi connectivity index (χ1) is 6.61. The summed E-state index contributed by atoms with van der Waals surface area (Å²) in [4.78, 5) is 13.5. The summed E-state index contributed by atoms with van der Waals surface area (Å²) >= 11 is 0. The molecule has 1 amide bonds. The largest absolute Gasteiger partial charge is 0.355 e. The molecule has 14 heavy (non-hydrogen) atoms. The van der Waals surface area contributed by atoms with Gasteiger partial charge in [-0.25, -0.2) is 0 Å². The van der Waals surface area contributed by atoms with Crippen LogP contribution in [-0.4, -0.2) is 43.0 Å². The highest BCUT2D eigenvalue weighted by Crippen LogP contribution is 1.95. The fourth-order valence-electron chi connectivity index (χ4n) is 1.19. The molecule has 0 aromatic carbocycles. The van der Waals surface area contributed by atoms with Crippen LogP contribution in [0.1, 0.15) is 27.2 Å². The first kappa shape index (κ1) is 13.4. The maximum Gasteiger partial charge on any atom is 0.234 e. The molecule has 0 fully saturated rings. The molecule has 0 spiro atoms. The third-order valence-electron chi connectivity index (χ3n) is 2.07. The van der Waals surface area contributed by atoms with Gasteiger partial charge in [-0.1, -0.05) is 6.92 Å². The molecule has 4 nitrogen and oxygen atoms in total. The van der Waals surface area contributed by atoms with E-state index in [-0.39, 0.29) is 5.91 Å². The fourth-order valence-corrected chi connectivity index (χ4v) is 1.19. The standard InChI is InChI=1S/C10H23N3O/c1-4-6-12-10(14)8-13(7-5-11)9(2)3/h9H,4-8,11H2,1-3H3,(H,12,14). The highest BCUT2D eigenvalue weighted by atomic mass is 16.2. The monoisotopic (exact) mass is 201 g/mol. The number of nitrogens with zero attached hydrogens (tertiary/aromatic N) is 1. The first-order valence-corrected chi connectivity index (χ1v) is 5.32. The molecule has 0 heterocycles. The SMILES string of the molecule is CCCNC(=O)CN(CCN)C(C)C. The van der Waals surface area contributed by atoms with Gasteiger partial charge in [-0.2, -0.15) is 0 Å². The Balaban J connectivity index is 3.83. The van der Waals surface area contributed by atoms with Gasteiger partial charge in [0.1, 0.15) is 0 Å². The van der Waals surface area contributed by atoms with E-state index >= 15 is 0 Å². The normalized spacial score (nSPS) is 11.0. The molecular formula is C10H23N3O. The van der Waals surface area contributed by atoms with Crippen LogP contribution in [0, 0.1) is 0 Å². The lowest BCUT2D eigenvalue weighted by Crippen LogP contribution is -2.43. The highest BCUT2D eigenvalue weighted by Gasteiger charge is 2.12. The van der Waals surface area contributed by atoms with Gasteiger partial charge >= 0.3 is 0 Å². The zero-order valence-corrected chi connectivity index (χ0v) is 9.55. The molecule has 0 saturated carbocycles. The summed E-state index contributed by atoms with van der Waals surface area (Å²) in [5.41, 5.74) is 5.47. The van der Waals surface area contributed by atoms with Crippen molar-refractivity contribution in [2.45, 2.75) is 33.2 Å². The number of nitrogens with two attached hydrogens (primary N) is 1. The molecule has 0 aromatic heterocycles. The second kappa shape index (κ2) is 7.76. The quantitative estimate of drug-likeness (QED) is 0.618. The second-order valence-electron chi connectivity index (χ2n) is 3.70. The van der Waals surface area contributed by atoms with Gasteiger partial charge in [0.05, 0.1) is 6.54 Å². The maximum absolute atomic E-state index is 11.4. The minimum atomic E-state index is 0.0917. The summed E-state index contributed by atoms with van der Waals surface area (Å²) in [6, 6.07) is 0.367. The van der Waals surface area contributed by atoms with Gasteiger partial charge in [0.25, 0.3) is 0 Å². The molecule has 0 bridgehead atoms. The van der Waals surface area contributed by atoms with Crippen molar-refractivity contribution in [3.8, 4) is 0 Å². The van der Waals surface area contributed by atoms with E-state index in [9.17, 15) is 4.79 Å². The van der Waals surface area contributed by atoms with Crippen molar-refractivity contribution in [3.63, 3.8) is 0 Å². The molecule has 84 valence electrons. The van der Waals surface area contributed by atoms with E-state index in [1.807, 2.05) is 6.92 Å². The molecular weight excluding hydrogens is 178 g/mol. The fraction of sp³-hybridized carbons (Fsp3) is 0.900. The van der Waals surface area contributed by atoms with Crippen molar-refractivity contribution in [1.29, 1.82) is 0 Å². The van der Waals surface area contributed by atoms with Crippen LogP contribution in [0.25, 0.3) is 0 Å². The number of carbonyl (C=O) groups is 1.